The number of amides is 1. The Balaban J connectivity index is 1.49. The molecular formula is C17H14Cl2N4O5. The number of furan rings is 1. The first-order chi connectivity index (χ1) is 13.4. The standard InChI is InChI=1S/C17H14Cl2N4O5/c18-13-2-1-3-14(16(13)19)27-10-12-4-5-15(28-12)17(24)20-6-7-22-9-11(8-21-22)23(25)26/h1-5,8-9H,6-7,10H2,(H,20,24). The topological polar surface area (TPSA) is 112 Å². The molecule has 3 aromatic rings. The number of nitrogens with zero attached hydrogens (tertiary/aromatic N) is 3. The van der Waals surface area contributed by atoms with Gasteiger partial charge in [0.1, 0.15) is 35.5 Å². The summed E-state index contributed by atoms with van der Waals surface area (Å²) in [5, 5.41) is 17.8. The summed E-state index contributed by atoms with van der Waals surface area (Å²) in [4.78, 5) is 22.2. The number of benzene rings is 1. The molecule has 3 rings (SSSR count). The molecule has 0 atom stereocenters. The van der Waals surface area contributed by atoms with Crippen molar-refractivity contribution in [3.05, 3.63) is 74.4 Å². The zero-order chi connectivity index (χ0) is 20.1. The Morgan fingerprint density at radius 3 is 2.89 bits per heavy atom. The molecule has 0 fully saturated rings. The lowest BCUT2D eigenvalue weighted by Crippen LogP contribution is -2.27. The van der Waals surface area contributed by atoms with Gasteiger partial charge in [0, 0.05) is 6.54 Å². The number of halogens is 2. The minimum atomic E-state index is -0.537. The Morgan fingerprint density at radius 1 is 1.32 bits per heavy atom. The summed E-state index contributed by atoms with van der Waals surface area (Å²) >= 11 is 12.0. The van der Waals surface area contributed by atoms with Crippen LogP contribution in [0.15, 0.2) is 47.1 Å². The molecule has 0 aliphatic rings. The molecule has 11 heteroatoms. The Morgan fingerprint density at radius 2 is 2.14 bits per heavy atom. The van der Waals surface area contributed by atoms with Gasteiger partial charge in [0.15, 0.2) is 5.76 Å². The number of nitrogens with one attached hydrogen (secondary N) is 1. The van der Waals surface area contributed by atoms with E-state index in [2.05, 4.69) is 10.4 Å². The Hall–Kier alpha value is -3.04. The number of rotatable bonds is 8. The van der Waals surface area contributed by atoms with Crippen LogP contribution in [0.5, 0.6) is 5.75 Å². The van der Waals surface area contributed by atoms with Gasteiger partial charge in [-0.05, 0) is 24.3 Å². The van der Waals surface area contributed by atoms with Crippen molar-refractivity contribution in [3.63, 3.8) is 0 Å². The predicted molar refractivity (Wildman–Crippen MR) is 101 cm³/mol. The van der Waals surface area contributed by atoms with Crippen LogP contribution in [0.25, 0.3) is 0 Å². The molecule has 0 unspecified atom stereocenters. The van der Waals surface area contributed by atoms with E-state index in [1.807, 2.05) is 0 Å². The SMILES string of the molecule is O=C(NCCn1cc([N+](=O)[O-])cn1)c1ccc(COc2cccc(Cl)c2Cl)o1. The molecule has 1 amide bonds. The van der Waals surface area contributed by atoms with Gasteiger partial charge in [-0.1, -0.05) is 29.3 Å². The van der Waals surface area contributed by atoms with Crippen molar-refractivity contribution in [2.75, 3.05) is 6.54 Å². The maximum atomic E-state index is 12.1. The third-order valence-electron chi connectivity index (χ3n) is 3.63. The van der Waals surface area contributed by atoms with E-state index in [0.29, 0.717) is 21.6 Å². The summed E-state index contributed by atoms with van der Waals surface area (Å²) in [6.45, 7) is 0.580. The zero-order valence-corrected chi connectivity index (χ0v) is 15.8. The summed E-state index contributed by atoms with van der Waals surface area (Å²) in [6.07, 6.45) is 2.43. The second-order valence-corrected chi connectivity index (χ2v) is 6.37. The Kier molecular flexibility index (Phi) is 6.17. The summed E-state index contributed by atoms with van der Waals surface area (Å²) in [5.41, 5.74) is -0.109. The van der Waals surface area contributed by atoms with Crippen LogP contribution in [0.4, 0.5) is 5.69 Å². The summed E-state index contributed by atoms with van der Waals surface area (Å²) < 4.78 is 12.4. The van der Waals surface area contributed by atoms with Crippen LogP contribution in [0, 0.1) is 10.1 Å². The van der Waals surface area contributed by atoms with Crippen LogP contribution in [-0.2, 0) is 13.2 Å². The van der Waals surface area contributed by atoms with Crippen molar-refractivity contribution < 1.29 is 18.9 Å². The van der Waals surface area contributed by atoms with E-state index in [1.54, 1.807) is 24.3 Å². The van der Waals surface area contributed by atoms with Gasteiger partial charge < -0.3 is 14.5 Å². The lowest BCUT2D eigenvalue weighted by atomic mass is 10.3. The number of carbonyl (C=O) groups excluding carboxylic acids is 1. The lowest BCUT2D eigenvalue weighted by molar-refractivity contribution is -0.385. The fourth-order valence-corrected chi connectivity index (χ4v) is 2.61. The maximum absolute atomic E-state index is 12.1. The van der Waals surface area contributed by atoms with Crippen LogP contribution in [-0.4, -0.2) is 27.2 Å². The highest BCUT2D eigenvalue weighted by Gasteiger charge is 2.13. The van der Waals surface area contributed by atoms with E-state index >= 15 is 0 Å². The molecule has 1 N–H and O–H groups in total. The number of hydrogen-bond acceptors (Lipinski definition) is 6. The number of ether oxygens (including phenoxy) is 1. The first-order valence-electron chi connectivity index (χ1n) is 8.04. The molecule has 0 saturated carbocycles. The molecule has 0 aliphatic heterocycles. The Labute approximate surface area is 168 Å². The van der Waals surface area contributed by atoms with Crippen molar-refractivity contribution in [2.45, 2.75) is 13.2 Å². The van der Waals surface area contributed by atoms with Crippen molar-refractivity contribution in [1.29, 1.82) is 0 Å². The molecule has 2 aromatic heterocycles. The van der Waals surface area contributed by atoms with Crippen LogP contribution >= 0.6 is 23.2 Å². The van der Waals surface area contributed by atoms with Crippen molar-refractivity contribution in [1.82, 2.24) is 15.1 Å². The Bertz CT molecular complexity index is 1000. The van der Waals surface area contributed by atoms with E-state index in [4.69, 9.17) is 32.4 Å². The zero-order valence-electron chi connectivity index (χ0n) is 14.3. The first-order valence-corrected chi connectivity index (χ1v) is 8.80. The first kappa shape index (κ1) is 19.7. The van der Waals surface area contributed by atoms with E-state index < -0.39 is 10.8 Å². The van der Waals surface area contributed by atoms with Gasteiger partial charge in [-0.15, -0.1) is 0 Å². The van der Waals surface area contributed by atoms with Gasteiger partial charge >= 0.3 is 5.69 Å². The molecule has 0 bridgehead atoms. The van der Waals surface area contributed by atoms with Crippen LogP contribution < -0.4 is 10.1 Å². The maximum Gasteiger partial charge on any atom is 0.306 e. The summed E-state index contributed by atoms with van der Waals surface area (Å²) in [7, 11) is 0. The third-order valence-corrected chi connectivity index (χ3v) is 4.43. The molecule has 146 valence electrons. The van der Waals surface area contributed by atoms with Crippen molar-refractivity contribution in [3.8, 4) is 5.75 Å². The van der Waals surface area contributed by atoms with Gasteiger partial charge in [-0.2, -0.15) is 5.10 Å². The molecule has 0 saturated heterocycles. The van der Waals surface area contributed by atoms with Gasteiger partial charge in [0.25, 0.3) is 5.91 Å². The van der Waals surface area contributed by atoms with Gasteiger partial charge in [-0.3, -0.25) is 19.6 Å². The van der Waals surface area contributed by atoms with E-state index in [-0.39, 0.29) is 31.1 Å². The van der Waals surface area contributed by atoms with Crippen molar-refractivity contribution >= 4 is 34.8 Å². The number of aromatic nitrogens is 2. The quantitative estimate of drug-likeness (QED) is 0.435. The molecule has 28 heavy (non-hydrogen) atoms. The molecule has 9 nitrogen and oxygen atoms in total. The number of carbonyl (C=O) groups is 1. The predicted octanol–water partition coefficient (Wildman–Crippen LogP) is 3.70. The second-order valence-electron chi connectivity index (χ2n) is 5.58. The van der Waals surface area contributed by atoms with Crippen molar-refractivity contribution in [2.24, 2.45) is 0 Å². The molecule has 1 aromatic carbocycles. The fourth-order valence-electron chi connectivity index (χ4n) is 2.26. The largest absolute Gasteiger partial charge is 0.484 e. The fraction of sp³-hybridized carbons (Fsp3) is 0.176. The van der Waals surface area contributed by atoms with Crippen LogP contribution in [0.1, 0.15) is 16.3 Å². The summed E-state index contributed by atoms with van der Waals surface area (Å²) in [5.74, 6) is 0.532. The van der Waals surface area contributed by atoms with E-state index in [1.165, 1.54) is 16.9 Å². The van der Waals surface area contributed by atoms with Crippen LogP contribution in [0.3, 0.4) is 0 Å². The number of nitro groups is 1. The molecular weight excluding hydrogens is 411 g/mol. The van der Waals surface area contributed by atoms with E-state index in [9.17, 15) is 14.9 Å². The monoisotopic (exact) mass is 424 g/mol. The molecule has 0 spiro atoms. The highest BCUT2D eigenvalue weighted by atomic mass is 35.5. The average Bonchev–Trinajstić information content (AvgIpc) is 3.32. The molecule has 0 aliphatic carbocycles. The molecule has 2 heterocycles. The average molecular weight is 425 g/mol. The smallest absolute Gasteiger partial charge is 0.306 e. The normalized spacial score (nSPS) is 10.6. The minimum Gasteiger partial charge on any atom is -0.484 e. The highest BCUT2D eigenvalue weighted by molar-refractivity contribution is 6.42. The van der Waals surface area contributed by atoms with Crippen LogP contribution in [0.2, 0.25) is 10.0 Å². The van der Waals surface area contributed by atoms with Gasteiger partial charge in [-0.25, -0.2) is 0 Å². The lowest BCUT2D eigenvalue weighted by Gasteiger charge is -2.07. The molecule has 0 radical (unpaired) electrons. The minimum absolute atomic E-state index is 0.0737. The summed E-state index contributed by atoms with van der Waals surface area (Å²) in [6, 6.07) is 8.16. The third kappa shape index (κ3) is 4.81. The van der Waals surface area contributed by atoms with E-state index in [0.717, 1.165) is 6.20 Å². The number of hydrogen-bond donors (Lipinski definition) is 1. The van der Waals surface area contributed by atoms with Gasteiger partial charge in [0.2, 0.25) is 0 Å². The highest BCUT2D eigenvalue weighted by Crippen LogP contribution is 2.32. The second kappa shape index (κ2) is 8.77. The van der Waals surface area contributed by atoms with Gasteiger partial charge in [0.05, 0.1) is 16.5 Å².